The Labute approximate surface area is 180 Å². The number of hydrogen-bond donors (Lipinski definition) is 2. The van der Waals surface area contributed by atoms with Gasteiger partial charge in [0.05, 0.1) is 13.2 Å². The van der Waals surface area contributed by atoms with E-state index in [1.807, 2.05) is 4.90 Å². The summed E-state index contributed by atoms with van der Waals surface area (Å²) in [6.45, 7) is 3.34. The number of nitrogens with two attached hydrogens (primary N) is 1. The number of carbonyl (C=O) groups excluding carboxylic acids is 1. The Morgan fingerprint density at radius 3 is 2.83 bits per heavy atom. The number of aromatic nitrogens is 2. The van der Waals surface area contributed by atoms with Crippen molar-refractivity contribution in [3.8, 4) is 6.01 Å². The summed E-state index contributed by atoms with van der Waals surface area (Å²) in [4.78, 5) is 25.3. The molecular formula is C22H30N6O2. The Morgan fingerprint density at radius 2 is 2.03 bits per heavy atom. The molecule has 8 nitrogen and oxygen atoms in total. The summed E-state index contributed by atoms with van der Waals surface area (Å²) >= 11 is 0. The Kier molecular flexibility index (Phi) is 5.56. The monoisotopic (exact) mass is 412 g/mol. The standard InChI is InChI=1S/C22H30N6O2/c1-2-3-11-30-22-25-20(23)19-21(26-22)28(15-18(29)24-19)14-17-8-6-7-16(12-17)13-27-9-4-5-10-27/h6-8,12H,2-5,9-11,13-15H2,1H3,(H,24,29)(H2,23,25,26)/i1D2. The molecule has 0 aliphatic carbocycles. The van der Waals surface area contributed by atoms with Crippen LogP contribution in [0.3, 0.4) is 0 Å². The van der Waals surface area contributed by atoms with Gasteiger partial charge >= 0.3 is 6.01 Å². The second-order valence-corrected chi connectivity index (χ2v) is 7.79. The number of carbonyl (C=O) groups is 1. The van der Waals surface area contributed by atoms with Crippen molar-refractivity contribution in [1.82, 2.24) is 14.9 Å². The molecule has 4 rings (SSSR count). The van der Waals surface area contributed by atoms with Gasteiger partial charge in [-0.2, -0.15) is 9.97 Å². The molecule has 2 aromatic rings. The largest absolute Gasteiger partial charge is 0.463 e. The van der Waals surface area contributed by atoms with Crippen molar-refractivity contribution in [2.24, 2.45) is 0 Å². The molecule has 1 fully saturated rings. The Balaban J connectivity index is 1.49. The van der Waals surface area contributed by atoms with E-state index in [4.69, 9.17) is 13.2 Å². The number of rotatable bonds is 8. The van der Waals surface area contributed by atoms with Gasteiger partial charge in [0.25, 0.3) is 0 Å². The van der Waals surface area contributed by atoms with Gasteiger partial charge in [-0.15, -0.1) is 0 Å². The van der Waals surface area contributed by atoms with E-state index in [1.54, 1.807) is 0 Å². The third kappa shape index (κ3) is 4.81. The van der Waals surface area contributed by atoms with E-state index in [0.717, 1.165) is 25.2 Å². The molecule has 1 saturated heterocycles. The number of amides is 1. The molecule has 1 aromatic carbocycles. The zero-order valence-corrected chi connectivity index (χ0v) is 17.1. The van der Waals surface area contributed by atoms with Crippen molar-refractivity contribution in [3.63, 3.8) is 0 Å². The highest BCUT2D eigenvalue weighted by Crippen LogP contribution is 2.34. The Hall–Kier alpha value is -2.87. The lowest BCUT2D eigenvalue weighted by atomic mass is 10.1. The maximum atomic E-state index is 12.3. The predicted octanol–water partition coefficient (Wildman–Crippen LogP) is 2.79. The lowest BCUT2D eigenvalue weighted by molar-refractivity contribution is -0.115. The number of nitrogens with zero attached hydrogens (tertiary/aromatic N) is 4. The highest BCUT2D eigenvalue weighted by atomic mass is 16.5. The maximum absolute atomic E-state index is 12.3. The van der Waals surface area contributed by atoms with Crippen molar-refractivity contribution in [1.29, 1.82) is 0 Å². The zero-order chi connectivity index (χ0) is 22.5. The molecule has 0 bridgehead atoms. The van der Waals surface area contributed by atoms with Gasteiger partial charge in [0, 0.05) is 15.8 Å². The van der Waals surface area contributed by atoms with Crippen LogP contribution < -0.4 is 20.7 Å². The van der Waals surface area contributed by atoms with Crippen LogP contribution in [0.1, 0.15) is 46.4 Å². The van der Waals surface area contributed by atoms with E-state index in [9.17, 15) is 4.79 Å². The zero-order valence-electron chi connectivity index (χ0n) is 19.1. The topological polar surface area (TPSA) is 96.6 Å². The minimum Gasteiger partial charge on any atom is -0.463 e. The van der Waals surface area contributed by atoms with Crippen LogP contribution >= 0.6 is 0 Å². The first kappa shape index (κ1) is 17.9. The molecule has 1 amide bonds. The normalized spacial score (nSPS) is 17.5. The molecule has 0 saturated carbocycles. The summed E-state index contributed by atoms with van der Waals surface area (Å²) < 4.78 is 20.1. The van der Waals surface area contributed by atoms with Crippen molar-refractivity contribution in [2.45, 2.75) is 45.6 Å². The van der Waals surface area contributed by atoms with E-state index in [-0.39, 0.29) is 24.3 Å². The van der Waals surface area contributed by atoms with Crippen LogP contribution in [0.25, 0.3) is 0 Å². The van der Waals surface area contributed by atoms with Crippen molar-refractivity contribution >= 4 is 23.2 Å². The number of hydrogen-bond acceptors (Lipinski definition) is 7. The molecule has 0 radical (unpaired) electrons. The van der Waals surface area contributed by atoms with E-state index in [0.29, 0.717) is 37.5 Å². The van der Waals surface area contributed by atoms with Crippen LogP contribution in [0.4, 0.5) is 17.3 Å². The Bertz CT molecular complexity index is 952. The molecule has 3 heterocycles. The number of anilines is 3. The molecule has 2 aliphatic heterocycles. The highest BCUT2D eigenvalue weighted by Gasteiger charge is 2.27. The summed E-state index contributed by atoms with van der Waals surface area (Å²) in [5.74, 6) is 0.534. The van der Waals surface area contributed by atoms with E-state index < -0.39 is 6.88 Å². The van der Waals surface area contributed by atoms with Gasteiger partial charge in [-0.3, -0.25) is 9.69 Å². The van der Waals surface area contributed by atoms with Gasteiger partial charge in [0.1, 0.15) is 5.69 Å². The van der Waals surface area contributed by atoms with E-state index >= 15 is 0 Å². The third-order valence-corrected chi connectivity index (χ3v) is 5.35. The van der Waals surface area contributed by atoms with Crippen molar-refractivity contribution < 1.29 is 12.3 Å². The first-order chi connectivity index (χ1) is 15.5. The van der Waals surface area contributed by atoms with Gasteiger partial charge < -0.3 is 20.7 Å². The molecule has 0 atom stereocenters. The fourth-order valence-electron chi connectivity index (χ4n) is 3.91. The lowest BCUT2D eigenvalue weighted by Crippen LogP contribution is -2.39. The summed E-state index contributed by atoms with van der Waals surface area (Å²) in [7, 11) is 0. The van der Waals surface area contributed by atoms with Crippen LogP contribution in [0.5, 0.6) is 6.01 Å². The van der Waals surface area contributed by atoms with Gasteiger partial charge in [0.15, 0.2) is 11.6 Å². The van der Waals surface area contributed by atoms with Crippen molar-refractivity contribution in [3.05, 3.63) is 35.4 Å². The number of nitrogens with one attached hydrogen (secondary N) is 1. The van der Waals surface area contributed by atoms with Gasteiger partial charge in [-0.05, 0) is 43.5 Å². The molecule has 3 N–H and O–H groups in total. The first-order valence-electron chi connectivity index (χ1n) is 11.6. The molecule has 0 unspecified atom stereocenters. The van der Waals surface area contributed by atoms with Gasteiger partial charge in [-0.25, -0.2) is 0 Å². The second-order valence-electron chi connectivity index (χ2n) is 7.79. The van der Waals surface area contributed by atoms with Gasteiger partial charge in [-0.1, -0.05) is 37.6 Å². The second kappa shape index (κ2) is 9.30. The Morgan fingerprint density at radius 1 is 1.23 bits per heavy atom. The summed E-state index contributed by atoms with van der Waals surface area (Å²) in [6, 6.07) is 8.57. The predicted molar refractivity (Wildman–Crippen MR) is 117 cm³/mol. The van der Waals surface area contributed by atoms with Gasteiger partial charge in [0.2, 0.25) is 5.91 Å². The smallest absolute Gasteiger partial charge is 0.320 e. The quantitative estimate of drug-likeness (QED) is 0.644. The van der Waals surface area contributed by atoms with Crippen LogP contribution in [0.15, 0.2) is 24.3 Å². The fraction of sp³-hybridized carbons (Fsp3) is 0.500. The number of ether oxygens (including phenoxy) is 1. The number of nitrogen functional groups attached to an aromatic ring is 1. The minimum atomic E-state index is -0.875. The highest BCUT2D eigenvalue weighted by molar-refractivity contribution is 6.03. The van der Waals surface area contributed by atoms with Crippen LogP contribution in [-0.2, 0) is 17.9 Å². The van der Waals surface area contributed by atoms with Crippen LogP contribution in [0.2, 0.25) is 0 Å². The molecule has 8 heteroatoms. The lowest BCUT2D eigenvalue weighted by Gasteiger charge is -2.30. The van der Waals surface area contributed by atoms with Crippen molar-refractivity contribution in [2.75, 3.05) is 42.2 Å². The molecular weight excluding hydrogens is 380 g/mol. The van der Waals surface area contributed by atoms with Crippen LogP contribution in [-0.4, -0.2) is 47.0 Å². The molecule has 160 valence electrons. The molecule has 30 heavy (non-hydrogen) atoms. The number of likely N-dealkylation sites (tertiary alicyclic amines) is 1. The summed E-state index contributed by atoms with van der Waals surface area (Å²) in [5, 5.41) is 2.77. The first-order valence-corrected chi connectivity index (χ1v) is 10.5. The molecule has 0 spiro atoms. The van der Waals surface area contributed by atoms with E-state index in [1.165, 1.54) is 18.4 Å². The average Bonchev–Trinajstić information content (AvgIpc) is 3.25. The minimum absolute atomic E-state index is 0.136. The summed E-state index contributed by atoms with van der Waals surface area (Å²) in [6.07, 6.45) is 3.49. The SMILES string of the molecule is [2H]C([2H])CCCOc1nc(N)c2c(n1)N(Cc1cccc(CN3CCCC3)c1)CC(=O)N2. The van der Waals surface area contributed by atoms with Crippen LogP contribution in [0, 0.1) is 0 Å². The fourth-order valence-corrected chi connectivity index (χ4v) is 3.91. The molecule has 1 aromatic heterocycles. The number of fused-ring (bicyclic) bond motifs is 1. The van der Waals surface area contributed by atoms with E-state index in [2.05, 4.69) is 44.5 Å². The average molecular weight is 413 g/mol. The number of benzene rings is 1. The molecule has 2 aliphatic rings. The maximum Gasteiger partial charge on any atom is 0.320 e. The summed E-state index contributed by atoms with van der Waals surface area (Å²) in [5.41, 5.74) is 8.85. The third-order valence-electron chi connectivity index (χ3n) is 5.35.